The van der Waals surface area contributed by atoms with Gasteiger partial charge in [0, 0.05) is 31.6 Å². The lowest BCUT2D eigenvalue weighted by Crippen LogP contribution is -2.39. The maximum atomic E-state index is 11.6. The molecule has 1 aliphatic heterocycles. The van der Waals surface area contributed by atoms with E-state index in [2.05, 4.69) is 4.90 Å². The van der Waals surface area contributed by atoms with Crippen LogP contribution in [0.2, 0.25) is 0 Å². The highest BCUT2D eigenvalue weighted by atomic mass is 16.5. The van der Waals surface area contributed by atoms with Crippen LogP contribution >= 0.6 is 0 Å². The van der Waals surface area contributed by atoms with Gasteiger partial charge in [0.05, 0.1) is 19.8 Å². The highest BCUT2D eigenvalue weighted by Crippen LogP contribution is 2.20. The monoisotopic (exact) mass is 321 g/mol. The molecule has 1 saturated heterocycles. The predicted molar refractivity (Wildman–Crippen MR) is 89.1 cm³/mol. The number of aliphatic hydroxyl groups excluding tert-OH is 1. The van der Waals surface area contributed by atoms with Crippen LogP contribution in [0.4, 0.5) is 0 Å². The van der Waals surface area contributed by atoms with Crippen LogP contribution < -0.4 is 4.74 Å². The van der Waals surface area contributed by atoms with Gasteiger partial charge < -0.3 is 19.5 Å². The Morgan fingerprint density at radius 3 is 2.52 bits per heavy atom. The summed E-state index contributed by atoms with van der Waals surface area (Å²) in [6.45, 7) is 5.93. The Morgan fingerprint density at radius 2 is 1.91 bits per heavy atom. The third kappa shape index (κ3) is 5.94. The second-order valence-corrected chi connectivity index (χ2v) is 5.80. The van der Waals surface area contributed by atoms with Crippen molar-refractivity contribution in [1.29, 1.82) is 0 Å². The third-order valence-corrected chi connectivity index (χ3v) is 4.12. The molecule has 0 radical (unpaired) electrons. The second kappa shape index (κ2) is 9.65. The van der Waals surface area contributed by atoms with E-state index in [1.165, 1.54) is 0 Å². The summed E-state index contributed by atoms with van der Waals surface area (Å²) >= 11 is 0. The number of nitrogens with zero attached hydrogens (tertiary/aromatic N) is 1. The highest BCUT2D eigenvalue weighted by Gasteiger charge is 2.20. The SMILES string of the molecule is CCC(=O)c1ccc(OC2CCN(CCOCCO)CC2)cc1. The summed E-state index contributed by atoms with van der Waals surface area (Å²) in [5.41, 5.74) is 0.748. The summed E-state index contributed by atoms with van der Waals surface area (Å²) in [6.07, 6.45) is 2.75. The van der Waals surface area contributed by atoms with Gasteiger partial charge in [0.2, 0.25) is 0 Å². The molecule has 0 aromatic heterocycles. The van der Waals surface area contributed by atoms with Crippen LogP contribution in [-0.2, 0) is 4.74 Å². The quantitative estimate of drug-likeness (QED) is 0.558. The third-order valence-electron chi connectivity index (χ3n) is 4.12. The largest absolute Gasteiger partial charge is 0.490 e. The van der Waals surface area contributed by atoms with Crippen LogP contribution in [0.3, 0.4) is 0 Å². The van der Waals surface area contributed by atoms with Crippen molar-refractivity contribution in [2.45, 2.75) is 32.3 Å². The molecule has 1 aromatic rings. The van der Waals surface area contributed by atoms with Crippen molar-refractivity contribution in [3.8, 4) is 5.75 Å². The molecule has 5 heteroatoms. The average molecular weight is 321 g/mol. The van der Waals surface area contributed by atoms with Gasteiger partial charge in [-0.15, -0.1) is 0 Å². The molecule has 2 rings (SSSR count). The highest BCUT2D eigenvalue weighted by molar-refractivity contribution is 5.95. The fraction of sp³-hybridized carbons (Fsp3) is 0.611. The van der Waals surface area contributed by atoms with Crippen LogP contribution in [0, 0.1) is 0 Å². The smallest absolute Gasteiger partial charge is 0.162 e. The van der Waals surface area contributed by atoms with Crippen molar-refractivity contribution in [3.63, 3.8) is 0 Å². The molecule has 0 bridgehead atoms. The Balaban J connectivity index is 1.70. The fourth-order valence-corrected chi connectivity index (χ4v) is 2.73. The molecule has 128 valence electrons. The van der Waals surface area contributed by atoms with Gasteiger partial charge in [0.25, 0.3) is 0 Å². The number of benzene rings is 1. The summed E-state index contributed by atoms with van der Waals surface area (Å²) in [6, 6.07) is 7.46. The number of carbonyl (C=O) groups is 1. The Hall–Kier alpha value is -1.43. The number of ether oxygens (including phenoxy) is 2. The van der Waals surface area contributed by atoms with Gasteiger partial charge in [-0.2, -0.15) is 0 Å². The minimum atomic E-state index is 0.0819. The van der Waals surface area contributed by atoms with E-state index in [1.807, 2.05) is 31.2 Å². The van der Waals surface area contributed by atoms with E-state index in [9.17, 15) is 4.79 Å². The topological polar surface area (TPSA) is 59.0 Å². The van der Waals surface area contributed by atoms with Gasteiger partial charge >= 0.3 is 0 Å². The lowest BCUT2D eigenvalue weighted by atomic mass is 10.1. The normalized spacial score (nSPS) is 16.4. The molecule has 1 heterocycles. The predicted octanol–water partition coefficient (Wildman–Crippen LogP) is 2.13. The maximum Gasteiger partial charge on any atom is 0.162 e. The molecule has 0 atom stereocenters. The van der Waals surface area contributed by atoms with E-state index in [0.29, 0.717) is 19.6 Å². The molecule has 0 saturated carbocycles. The standard InChI is InChI=1S/C18H27NO4/c1-2-18(21)15-3-5-16(6-4-15)23-17-7-9-19(10-8-17)11-13-22-14-12-20/h3-6,17,20H,2,7-14H2,1H3. The summed E-state index contributed by atoms with van der Waals surface area (Å²) in [5.74, 6) is 0.996. The zero-order valence-corrected chi connectivity index (χ0v) is 13.9. The molecular weight excluding hydrogens is 294 g/mol. The van der Waals surface area contributed by atoms with E-state index >= 15 is 0 Å². The summed E-state index contributed by atoms with van der Waals surface area (Å²) < 4.78 is 11.3. The Bertz CT molecular complexity index is 466. The van der Waals surface area contributed by atoms with Gasteiger partial charge in [-0.05, 0) is 37.1 Å². The lowest BCUT2D eigenvalue weighted by molar-refractivity contribution is 0.0519. The first kappa shape index (κ1) is 17.9. The van der Waals surface area contributed by atoms with E-state index in [4.69, 9.17) is 14.6 Å². The number of piperidine rings is 1. The van der Waals surface area contributed by atoms with Crippen LogP contribution in [0.1, 0.15) is 36.5 Å². The average Bonchev–Trinajstić information content (AvgIpc) is 2.60. The maximum absolute atomic E-state index is 11.6. The molecule has 23 heavy (non-hydrogen) atoms. The van der Waals surface area contributed by atoms with Gasteiger partial charge in [-0.25, -0.2) is 0 Å². The number of likely N-dealkylation sites (tertiary alicyclic amines) is 1. The number of Topliss-reactive ketones (excluding diaryl/α,β-unsaturated/α-hetero) is 1. The Labute approximate surface area is 138 Å². The fourth-order valence-electron chi connectivity index (χ4n) is 2.73. The Kier molecular flexibility index (Phi) is 7.52. The van der Waals surface area contributed by atoms with Crippen molar-refractivity contribution in [2.24, 2.45) is 0 Å². The molecule has 1 N–H and O–H groups in total. The summed E-state index contributed by atoms with van der Waals surface area (Å²) in [4.78, 5) is 14.0. The van der Waals surface area contributed by atoms with Crippen LogP contribution in [0.15, 0.2) is 24.3 Å². The molecule has 1 aromatic carbocycles. The summed E-state index contributed by atoms with van der Waals surface area (Å²) in [7, 11) is 0. The van der Waals surface area contributed by atoms with Crippen molar-refractivity contribution < 1.29 is 19.4 Å². The van der Waals surface area contributed by atoms with E-state index in [-0.39, 0.29) is 18.5 Å². The molecule has 0 unspecified atom stereocenters. The van der Waals surface area contributed by atoms with Crippen LogP contribution in [0.5, 0.6) is 5.75 Å². The molecule has 0 amide bonds. The molecule has 1 fully saturated rings. The van der Waals surface area contributed by atoms with Crippen LogP contribution in [-0.4, -0.2) is 61.3 Å². The van der Waals surface area contributed by atoms with Gasteiger partial charge in [0.15, 0.2) is 5.78 Å². The van der Waals surface area contributed by atoms with Crippen molar-refractivity contribution >= 4 is 5.78 Å². The van der Waals surface area contributed by atoms with Crippen molar-refractivity contribution in [2.75, 3.05) is 39.5 Å². The summed E-state index contributed by atoms with van der Waals surface area (Å²) in [5, 5.41) is 8.67. The van der Waals surface area contributed by atoms with Crippen molar-refractivity contribution in [3.05, 3.63) is 29.8 Å². The zero-order chi connectivity index (χ0) is 16.5. The first-order valence-electron chi connectivity index (χ1n) is 8.43. The number of carbonyl (C=O) groups excluding carboxylic acids is 1. The van der Waals surface area contributed by atoms with Gasteiger partial charge in [-0.3, -0.25) is 4.79 Å². The number of hydrogen-bond donors (Lipinski definition) is 1. The molecule has 1 aliphatic rings. The minimum Gasteiger partial charge on any atom is -0.490 e. The van der Waals surface area contributed by atoms with E-state index in [0.717, 1.165) is 43.8 Å². The zero-order valence-electron chi connectivity index (χ0n) is 13.9. The van der Waals surface area contributed by atoms with Gasteiger partial charge in [-0.1, -0.05) is 6.92 Å². The molecule has 0 spiro atoms. The second-order valence-electron chi connectivity index (χ2n) is 5.80. The number of rotatable bonds is 9. The minimum absolute atomic E-state index is 0.0819. The molecular formula is C18H27NO4. The van der Waals surface area contributed by atoms with Gasteiger partial charge in [0.1, 0.15) is 11.9 Å². The Morgan fingerprint density at radius 1 is 1.22 bits per heavy atom. The first-order chi connectivity index (χ1) is 11.2. The van der Waals surface area contributed by atoms with Crippen molar-refractivity contribution in [1.82, 2.24) is 4.90 Å². The van der Waals surface area contributed by atoms with E-state index in [1.54, 1.807) is 0 Å². The van der Waals surface area contributed by atoms with Crippen LogP contribution in [0.25, 0.3) is 0 Å². The van der Waals surface area contributed by atoms with E-state index < -0.39 is 0 Å². The molecule has 0 aliphatic carbocycles. The number of hydrogen-bond acceptors (Lipinski definition) is 5. The molecule has 5 nitrogen and oxygen atoms in total. The first-order valence-corrected chi connectivity index (χ1v) is 8.43. The number of ketones is 1. The lowest BCUT2D eigenvalue weighted by Gasteiger charge is -2.32. The number of aliphatic hydroxyl groups is 1.